The quantitative estimate of drug-likeness (QED) is 0.665. The minimum atomic E-state index is -0.385. The minimum Gasteiger partial charge on any atom is -0.494 e. The number of benzene rings is 2. The molecule has 2 heterocycles. The van der Waals surface area contributed by atoms with Crippen molar-refractivity contribution in [3.8, 4) is 5.75 Å². The molecule has 7 heteroatoms. The number of amides is 2. The Bertz CT molecular complexity index is 909. The van der Waals surface area contributed by atoms with Crippen LogP contribution in [0.1, 0.15) is 18.0 Å². The van der Waals surface area contributed by atoms with Crippen molar-refractivity contribution in [2.24, 2.45) is 0 Å². The number of aromatic nitrogens is 2. The van der Waals surface area contributed by atoms with E-state index in [0.29, 0.717) is 25.3 Å². The van der Waals surface area contributed by atoms with Crippen molar-refractivity contribution >= 4 is 22.8 Å². The summed E-state index contributed by atoms with van der Waals surface area (Å²) >= 11 is 0. The molecule has 3 aromatic rings. The highest BCUT2D eigenvalue weighted by Gasteiger charge is 2.33. The van der Waals surface area contributed by atoms with Gasteiger partial charge < -0.3 is 15.0 Å². The molecule has 1 aromatic heterocycles. The van der Waals surface area contributed by atoms with Crippen LogP contribution < -0.4 is 15.0 Å². The molecule has 1 aliphatic heterocycles. The predicted octanol–water partition coefficient (Wildman–Crippen LogP) is 3.57. The van der Waals surface area contributed by atoms with Gasteiger partial charge in [0.2, 0.25) is 0 Å². The van der Waals surface area contributed by atoms with E-state index in [1.54, 1.807) is 11.2 Å². The number of hydrogen-bond donors (Lipinski definition) is 2. The van der Waals surface area contributed by atoms with E-state index >= 15 is 0 Å². The van der Waals surface area contributed by atoms with Crippen molar-refractivity contribution in [3.63, 3.8) is 0 Å². The minimum absolute atomic E-state index is 0.109. The predicted molar refractivity (Wildman–Crippen MR) is 97.2 cm³/mol. The number of carbonyl (C=O) groups excluding carboxylic acids is 1. The molecule has 2 N–H and O–H groups in total. The van der Waals surface area contributed by atoms with Gasteiger partial charge in [0.15, 0.2) is 0 Å². The van der Waals surface area contributed by atoms with E-state index in [-0.39, 0.29) is 18.7 Å². The lowest BCUT2D eigenvalue weighted by molar-refractivity contribution is 0.251. The molecule has 1 atom stereocenters. The van der Waals surface area contributed by atoms with E-state index < -0.39 is 0 Å². The van der Waals surface area contributed by atoms with Gasteiger partial charge in [0, 0.05) is 18.7 Å². The molecule has 1 aliphatic rings. The zero-order valence-corrected chi connectivity index (χ0v) is 14.1. The Morgan fingerprint density at radius 1 is 1.23 bits per heavy atom. The average molecular weight is 354 g/mol. The van der Waals surface area contributed by atoms with Crippen molar-refractivity contribution in [1.82, 2.24) is 15.3 Å². The van der Waals surface area contributed by atoms with Crippen molar-refractivity contribution < 1.29 is 13.9 Å². The first-order chi connectivity index (χ1) is 12.8. The smallest absolute Gasteiger partial charge is 0.322 e. The Kier molecular flexibility index (Phi) is 4.43. The van der Waals surface area contributed by atoms with Gasteiger partial charge in [-0.3, -0.25) is 9.29 Å². The number of alkyl halides is 1. The molecule has 0 radical (unpaired) electrons. The van der Waals surface area contributed by atoms with Crippen LogP contribution in [0.4, 0.5) is 14.9 Å². The molecule has 1 unspecified atom stereocenters. The second-order valence-electron chi connectivity index (χ2n) is 6.14. The van der Waals surface area contributed by atoms with Gasteiger partial charge in [-0.1, -0.05) is 12.1 Å². The van der Waals surface area contributed by atoms with E-state index in [1.165, 1.54) is 0 Å². The summed E-state index contributed by atoms with van der Waals surface area (Å²) in [5.74, 6) is 0.699. The van der Waals surface area contributed by atoms with Gasteiger partial charge in [0.05, 0.1) is 36.7 Å². The standard InChI is InChI=1S/C19H19FN4O2/c20-8-1-9-26-15-5-2-13(3-6-15)18-11-21-19(25)24(18)14-4-7-16-17(10-14)23-12-22-16/h2-7,10,12,18H,1,8-9,11H2,(H,21,25)(H,22,23). The first kappa shape index (κ1) is 16.4. The molecule has 2 aromatic carbocycles. The normalized spacial score (nSPS) is 16.9. The summed E-state index contributed by atoms with van der Waals surface area (Å²) in [5, 5.41) is 2.90. The van der Waals surface area contributed by atoms with Gasteiger partial charge in [0.25, 0.3) is 0 Å². The summed E-state index contributed by atoms with van der Waals surface area (Å²) in [6.07, 6.45) is 2.02. The van der Waals surface area contributed by atoms with E-state index in [0.717, 1.165) is 22.3 Å². The molecule has 26 heavy (non-hydrogen) atoms. The summed E-state index contributed by atoms with van der Waals surface area (Å²) in [4.78, 5) is 21.4. The molecule has 0 bridgehead atoms. The number of H-pyrrole nitrogens is 1. The molecule has 6 nitrogen and oxygen atoms in total. The zero-order chi connectivity index (χ0) is 17.9. The fourth-order valence-corrected chi connectivity index (χ4v) is 3.17. The number of anilines is 1. The second-order valence-corrected chi connectivity index (χ2v) is 6.14. The number of aromatic amines is 1. The summed E-state index contributed by atoms with van der Waals surface area (Å²) in [6, 6.07) is 13.1. The third kappa shape index (κ3) is 3.08. The van der Waals surface area contributed by atoms with Crippen LogP contribution in [0.5, 0.6) is 5.75 Å². The largest absolute Gasteiger partial charge is 0.494 e. The Morgan fingerprint density at radius 2 is 2.08 bits per heavy atom. The van der Waals surface area contributed by atoms with Gasteiger partial charge in [-0.25, -0.2) is 9.78 Å². The van der Waals surface area contributed by atoms with Gasteiger partial charge in [-0.05, 0) is 35.9 Å². The van der Waals surface area contributed by atoms with E-state index in [9.17, 15) is 9.18 Å². The molecule has 0 saturated carbocycles. The lowest BCUT2D eigenvalue weighted by atomic mass is 10.1. The number of halogens is 1. The molecular formula is C19H19FN4O2. The third-order valence-corrected chi connectivity index (χ3v) is 4.47. The lowest BCUT2D eigenvalue weighted by Gasteiger charge is -2.23. The number of ether oxygens (including phenoxy) is 1. The fraction of sp³-hybridized carbons (Fsp3) is 0.263. The highest BCUT2D eigenvalue weighted by Crippen LogP contribution is 2.32. The maximum atomic E-state index is 12.4. The van der Waals surface area contributed by atoms with Gasteiger partial charge in [-0.2, -0.15) is 0 Å². The number of carbonyl (C=O) groups is 1. The molecule has 134 valence electrons. The molecule has 1 fully saturated rings. The van der Waals surface area contributed by atoms with E-state index in [2.05, 4.69) is 15.3 Å². The topological polar surface area (TPSA) is 70.2 Å². The molecule has 0 aliphatic carbocycles. The Hall–Kier alpha value is -3.09. The molecule has 1 saturated heterocycles. The van der Waals surface area contributed by atoms with Gasteiger partial charge in [0.1, 0.15) is 5.75 Å². The van der Waals surface area contributed by atoms with Crippen LogP contribution in [0.25, 0.3) is 11.0 Å². The van der Waals surface area contributed by atoms with Crippen LogP contribution in [0.15, 0.2) is 48.8 Å². The third-order valence-electron chi connectivity index (χ3n) is 4.47. The summed E-state index contributed by atoms with van der Waals surface area (Å²) < 4.78 is 17.6. The highest BCUT2D eigenvalue weighted by atomic mass is 19.1. The van der Waals surface area contributed by atoms with Crippen LogP contribution in [0.2, 0.25) is 0 Å². The molecule has 0 spiro atoms. The van der Waals surface area contributed by atoms with Crippen molar-refractivity contribution in [3.05, 3.63) is 54.4 Å². The van der Waals surface area contributed by atoms with Crippen molar-refractivity contribution in [2.45, 2.75) is 12.5 Å². The number of imidazole rings is 1. The van der Waals surface area contributed by atoms with Crippen LogP contribution in [0, 0.1) is 0 Å². The van der Waals surface area contributed by atoms with Crippen molar-refractivity contribution in [2.75, 3.05) is 24.7 Å². The zero-order valence-electron chi connectivity index (χ0n) is 14.1. The first-order valence-electron chi connectivity index (χ1n) is 8.55. The number of fused-ring (bicyclic) bond motifs is 1. The molecule has 2 amide bonds. The van der Waals surface area contributed by atoms with E-state index in [1.807, 2.05) is 42.5 Å². The van der Waals surface area contributed by atoms with Crippen LogP contribution in [0.3, 0.4) is 0 Å². The van der Waals surface area contributed by atoms with Gasteiger partial charge >= 0.3 is 6.03 Å². The van der Waals surface area contributed by atoms with Crippen molar-refractivity contribution in [1.29, 1.82) is 0 Å². The maximum absolute atomic E-state index is 12.4. The highest BCUT2D eigenvalue weighted by molar-refractivity contribution is 5.97. The molecule has 4 rings (SSSR count). The Labute approximate surface area is 150 Å². The number of nitrogens with one attached hydrogen (secondary N) is 2. The Morgan fingerprint density at radius 3 is 2.88 bits per heavy atom. The summed E-state index contributed by atoms with van der Waals surface area (Å²) in [6.45, 7) is 0.501. The maximum Gasteiger partial charge on any atom is 0.322 e. The fourth-order valence-electron chi connectivity index (χ4n) is 3.17. The first-order valence-corrected chi connectivity index (χ1v) is 8.55. The summed E-state index contributed by atoms with van der Waals surface area (Å²) in [7, 11) is 0. The van der Waals surface area contributed by atoms with E-state index in [4.69, 9.17) is 4.74 Å². The number of rotatable bonds is 6. The average Bonchev–Trinajstić information content (AvgIpc) is 3.28. The van der Waals surface area contributed by atoms with Gasteiger partial charge in [-0.15, -0.1) is 0 Å². The number of hydrogen-bond acceptors (Lipinski definition) is 3. The Balaban J connectivity index is 1.57. The number of urea groups is 1. The van der Waals surface area contributed by atoms with Crippen LogP contribution >= 0.6 is 0 Å². The SMILES string of the molecule is O=C1NCC(c2ccc(OCCCF)cc2)N1c1ccc2nc[nH]c2c1. The second kappa shape index (κ2) is 7.03. The molecular weight excluding hydrogens is 335 g/mol. The number of nitrogens with zero attached hydrogens (tertiary/aromatic N) is 2. The van der Waals surface area contributed by atoms with Crippen LogP contribution in [-0.4, -0.2) is 35.8 Å². The monoisotopic (exact) mass is 354 g/mol. The van der Waals surface area contributed by atoms with Crippen LogP contribution in [-0.2, 0) is 0 Å². The lowest BCUT2D eigenvalue weighted by Crippen LogP contribution is -2.29. The summed E-state index contributed by atoms with van der Waals surface area (Å²) in [5.41, 5.74) is 3.56.